The fraction of sp³-hybridized carbons (Fsp3) is 0.167. The molecule has 1 saturated heterocycles. The summed E-state index contributed by atoms with van der Waals surface area (Å²) in [5.74, 6) is -0.915. The summed E-state index contributed by atoms with van der Waals surface area (Å²) in [6.45, 7) is 0. The zero-order valence-electron chi connectivity index (χ0n) is 17.8. The fourth-order valence-corrected chi connectivity index (χ4v) is 6.76. The van der Waals surface area contributed by atoms with Crippen molar-refractivity contribution in [3.63, 3.8) is 0 Å². The number of carboxylic acid groups (broad SMARTS) is 1. The Morgan fingerprint density at radius 3 is 2.56 bits per heavy atom. The van der Waals surface area contributed by atoms with Crippen LogP contribution >= 0.6 is 35.7 Å². The molecule has 5 rings (SSSR count). The van der Waals surface area contributed by atoms with Crippen LogP contribution < -0.4 is 5.32 Å². The maximum absolute atomic E-state index is 13.0. The third kappa shape index (κ3) is 4.36. The van der Waals surface area contributed by atoms with Gasteiger partial charge in [0.25, 0.3) is 5.91 Å². The first kappa shape index (κ1) is 22.7. The highest BCUT2D eigenvalue weighted by atomic mass is 32.2. The van der Waals surface area contributed by atoms with E-state index in [1.54, 1.807) is 10.9 Å². The van der Waals surface area contributed by atoms with Crippen LogP contribution in [0.5, 0.6) is 0 Å². The van der Waals surface area contributed by atoms with Gasteiger partial charge in [0.15, 0.2) is 0 Å². The monoisotopic (exact) mass is 508 g/mol. The van der Waals surface area contributed by atoms with Gasteiger partial charge in [0, 0.05) is 17.1 Å². The van der Waals surface area contributed by atoms with Crippen LogP contribution in [0.1, 0.15) is 5.56 Å². The van der Waals surface area contributed by atoms with Crippen LogP contribution in [0.15, 0.2) is 88.6 Å². The van der Waals surface area contributed by atoms with Crippen molar-refractivity contribution in [2.45, 2.75) is 22.9 Å². The Bertz CT molecular complexity index is 1280. The number of thiocarbonyl (C=S) groups is 1. The number of para-hydroxylation sites is 1. The SMILES string of the molecule is O=C(O)C1=C(Sc2ccnn2-c2ccccc2)CS[C@@H]2[C@H](NC(=S)Cc3ccccc3)C(=O)N12. The Morgan fingerprint density at radius 1 is 1.15 bits per heavy atom. The van der Waals surface area contributed by atoms with Gasteiger partial charge in [-0.1, -0.05) is 72.5 Å². The van der Waals surface area contributed by atoms with Crippen molar-refractivity contribution in [3.8, 4) is 5.69 Å². The largest absolute Gasteiger partial charge is 0.477 e. The molecule has 0 aliphatic carbocycles. The van der Waals surface area contributed by atoms with Gasteiger partial charge in [0.1, 0.15) is 22.1 Å². The molecule has 0 unspecified atom stereocenters. The summed E-state index contributed by atoms with van der Waals surface area (Å²) < 4.78 is 1.76. The Kier molecular flexibility index (Phi) is 6.44. The number of amides is 1. The van der Waals surface area contributed by atoms with E-state index in [0.29, 0.717) is 22.1 Å². The van der Waals surface area contributed by atoms with E-state index in [9.17, 15) is 14.7 Å². The van der Waals surface area contributed by atoms with Gasteiger partial charge in [-0.05, 0) is 23.8 Å². The number of carbonyl (C=O) groups excluding carboxylic acids is 1. The van der Waals surface area contributed by atoms with E-state index in [0.717, 1.165) is 16.3 Å². The van der Waals surface area contributed by atoms with E-state index in [1.807, 2.05) is 66.7 Å². The summed E-state index contributed by atoms with van der Waals surface area (Å²) in [6.07, 6.45) is 2.21. The number of benzene rings is 2. The lowest BCUT2D eigenvalue weighted by molar-refractivity contribution is -0.148. The van der Waals surface area contributed by atoms with Crippen LogP contribution in [-0.4, -0.2) is 53.8 Å². The summed E-state index contributed by atoms with van der Waals surface area (Å²) in [5.41, 5.74) is 1.97. The minimum atomic E-state index is -1.11. The third-order valence-electron chi connectivity index (χ3n) is 5.50. The van der Waals surface area contributed by atoms with Gasteiger partial charge in [0.2, 0.25) is 0 Å². The van der Waals surface area contributed by atoms with Gasteiger partial charge in [-0.25, -0.2) is 9.48 Å². The highest BCUT2D eigenvalue weighted by Gasteiger charge is 2.54. The number of fused-ring (bicyclic) bond motifs is 1. The molecular formula is C24H20N4O3S3. The third-order valence-corrected chi connectivity index (χ3v) is 8.32. The van der Waals surface area contributed by atoms with Crippen LogP contribution in [0.3, 0.4) is 0 Å². The molecule has 0 radical (unpaired) electrons. The number of carbonyl (C=O) groups is 2. The maximum Gasteiger partial charge on any atom is 0.353 e. The van der Waals surface area contributed by atoms with E-state index < -0.39 is 12.0 Å². The second kappa shape index (κ2) is 9.65. The number of β-lactam (4-membered cyclic amide) rings is 1. The van der Waals surface area contributed by atoms with Crippen LogP contribution in [-0.2, 0) is 16.0 Å². The quantitative estimate of drug-likeness (QED) is 0.369. The summed E-state index contributed by atoms with van der Waals surface area (Å²) in [6, 6.07) is 20.7. The number of aromatic nitrogens is 2. The van der Waals surface area contributed by atoms with Gasteiger partial charge >= 0.3 is 5.97 Å². The van der Waals surface area contributed by atoms with Gasteiger partial charge in [-0.2, -0.15) is 5.10 Å². The molecule has 3 heterocycles. The number of carboxylic acids is 1. The standard InChI is InChI=1S/C24H20N4O3S3/c29-22-20(26-18(32)13-15-7-3-1-4-8-15)23-27(22)21(24(30)31)17(14-33-23)34-19-11-12-25-28(19)16-9-5-2-6-10-16/h1-12,20,23H,13-14H2,(H,26,32)(H,30,31)/t20-,23-/m1/s1. The van der Waals surface area contributed by atoms with Crippen LogP contribution in [0.2, 0.25) is 0 Å². The first-order valence-corrected chi connectivity index (χ1v) is 12.8. The van der Waals surface area contributed by atoms with Crippen molar-refractivity contribution >= 4 is 52.6 Å². The normalized spacial score (nSPS) is 19.4. The van der Waals surface area contributed by atoms with E-state index in [2.05, 4.69) is 10.4 Å². The van der Waals surface area contributed by atoms with Crippen molar-refractivity contribution < 1.29 is 14.7 Å². The molecule has 2 aromatic carbocycles. The highest BCUT2D eigenvalue weighted by Crippen LogP contribution is 2.45. The Morgan fingerprint density at radius 2 is 1.85 bits per heavy atom. The first-order chi connectivity index (χ1) is 16.5. The number of nitrogens with one attached hydrogen (secondary N) is 1. The lowest BCUT2D eigenvalue weighted by Gasteiger charge is -2.49. The van der Waals surface area contributed by atoms with E-state index in [1.165, 1.54) is 28.4 Å². The second-order valence-electron chi connectivity index (χ2n) is 7.71. The van der Waals surface area contributed by atoms with Crippen LogP contribution in [0.4, 0.5) is 0 Å². The average molecular weight is 509 g/mol. The zero-order chi connectivity index (χ0) is 23.7. The fourth-order valence-electron chi connectivity index (χ4n) is 3.93. The van der Waals surface area contributed by atoms with Crippen molar-refractivity contribution in [3.05, 3.63) is 89.1 Å². The number of thioether (sulfide) groups is 2. The maximum atomic E-state index is 13.0. The molecule has 1 fully saturated rings. The molecule has 34 heavy (non-hydrogen) atoms. The molecule has 172 valence electrons. The number of nitrogens with zero attached hydrogens (tertiary/aromatic N) is 3. The highest BCUT2D eigenvalue weighted by molar-refractivity contribution is 8.06. The Hall–Kier alpha value is -3.08. The molecule has 2 atom stereocenters. The minimum absolute atomic E-state index is 0.0339. The van der Waals surface area contributed by atoms with Crippen molar-refractivity contribution in [1.29, 1.82) is 0 Å². The summed E-state index contributed by atoms with van der Waals surface area (Å²) in [7, 11) is 0. The topological polar surface area (TPSA) is 87.5 Å². The van der Waals surface area contributed by atoms with Gasteiger partial charge in [-0.3, -0.25) is 9.69 Å². The summed E-state index contributed by atoms with van der Waals surface area (Å²) in [4.78, 5) is 27.8. The van der Waals surface area contributed by atoms with Gasteiger partial charge in [0.05, 0.1) is 16.9 Å². The van der Waals surface area contributed by atoms with E-state index >= 15 is 0 Å². The molecule has 1 amide bonds. The number of hydrogen-bond acceptors (Lipinski definition) is 6. The van der Waals surface area contributed by atoms with Crippen molar-refractivity contribution in [2.24, 2.45) is 0 Å². The minimum Gasteiger partial charge on any atom is -0.477 e. The first-order valence-electron chi connectivity index (χ1n) is 10.5. The van der Waals surface area contributed by atoms with E-state index in [4.69, 9.17) is 12.2 Å². The van der Waals surface area contributed by atoms with Crippen LogP contribution in [0.25, 0.3) is 5.69 Å². The smallest absolute Gasteiger partial charge is 0.353 e. The zero-order valence-corrected chi connectivity index (χ0v) is 20.3. The predicted molar refractivity (Wildman–Crippen MR) is 137 cm³/mol. The number of rotatable bonds is 7. The lowest BCUT2D eigenvalue weighted by atomic mass is 10.0. The molecule has 0 spiro atoms. The average Bonchev–Trinajstić information content (AvgIpc) is 3.31. The lowest BCUT2D eigenvalue weighted by Crippen LogP contribution is -2.70. The van der Waals surface area contributed by atoms with Crippen molar-refractivity contribution in [2.75, 3.05) is 5.75 Å². The molecule has 1 aromatic heterocycles. The number of aliphatic carboxylic acids is 1. The molecule has 2 aliphatic rings. The molecule has 0 bridgehead atoms. The van der Waals surface area contributed by atoms with Gasteiger partial charge < -0.3 is 10.4 Å². The molecule has 2 aliphatic heterocycles. The Labute approximate surface area is 210 Å². The van der Waals surface area contributed by atoms with Crippen molar-refractivity contribution in [1.82, 2.24) is 20.0 Å². The molecule has 2 N–H and O–H groups in total. The predicted octanol–water partition coefficient (Wildman–Crippen LogP) is 3.70. The number of hydrogen-bond donors (Lipinski definition) is 2. The Balaban J connectivity index is 1.34. The molecule has 3 aromatic rings. The van der Waals surface area contributed by atoms with E-state index in [-0.39, 0.29) is 17.0 Å². The molecule has 7 nitrogen and oxygen atoms in total. The van der Waals surface area contributed by atoms with Crippen LogP contribution in [0, 0.1) is 0 Å². The van der Waals surface area contributed by atoms with Gasteiger partial charge in [-0.15, -0.1) is 11.8 Å². The molecular weight excluding hydrogens is 488 g/mol. The summed E-state index contributed by atoms with van der Waals surface area (Å²) in [5, 5.41) is 18.0. The summed E-state index contributed by atoms with van der Waals surface area (Å²) >= 11 is 8.33. The second-order valence-corrected chi connectivity index (χ2v) is 10.4. The molecule has 10 heteroatoms. The molecule has 0 saturated carbocycles.